The minimum Gasteiger partial charge on any atom is -0.460 e. The molecule has 0 unspecified atom stereocenters. The molecule has 0 aliphatic carbocycles. The zero-order valence-corrected chi connectivity index (χ0v) is 18.2. The summed E-state index contributed by atoms with van der Waals surface area (Å²) in [6.07, 6.45) is 6.98. The highest BCUT2D eigenvalue weighted by Gasteiger charge is 2.43. The van der Waals surface area contributed by atoms with E-state index in [0.717, 1.165) is 12.1 Å². The first kappa shape index (κ1) is 22.5. The molecule has 1 N–H and O–H groups in total. The predicted molar refractivity (Wildman–Crippen MR) is 112 cm³/mol. The fourth-order valence-corrected chi connectivity index (χ4v) is 4.14. The van der Waals surface area contributed by atoms with Gasteiger partial charge >= 0.3 is 6.01 Å². The van der Waals surface area contributed by atoms with Crippen molar-refractivity contribution in [3.8, 4) is 6.01 Å². The van der Waals surface area contributed by atoms with E-state index in [-0.39, 0.29) is 24.2 Å². The van der Waals surface area contributed by atoms with E-state index in [9.17, 15) is 13.9 Å². The number of piperidine rings is 1. The fourth-order valence-electron chi connectivity index (χ4n) is 4.04. The summed E-state index contributed by atoms with van der Waals surface area (Å²) in [6.45, 7) is 2.98. The summed E-state index contributed by atoms with van der Waals surface area (Å²) in [7, 11) is 0. The second-order valence-electron chi connectivity index (χ2n) is 7.85. The topological polar surface area (TPSA) is 89.2 Å². The molecular formula is C21H23ClF2N6O2. The van der Waals surface area contributed by atoms with E-state index in [1.807, 2.05) is 6.92 Å². The third-order valence-electron chi connectivity index (χ3n) is 5.85. The third-order valence-corrected chi connectivity index (χ3v) is 6.05. The highest BCUT2D eigenvalue weighted by Crippen LogP contribution is 2.34. The lowest BCUT2D eigenvalue weighted by atomic mass is 9.84. The monoisotopic (exact) mass is 464 g/mol. The summed E-state index contributed by atoms with van der Waals surface area (Å²) in [4.78, 5) is 14.1. The normalized spacial score (nSPS) is 18.3. The Morgan fingerprint density at radius 1 is 1.25 bits per heavy atom. The number of benzene rings is 1. The van der Waals surface area contributed by atoms with Crippen molar-refractivity contribution in [3.05, 3.63) is 65.5 Å². The number of hydrogen-bond donors (Lipinski definition) is 1. The number of halogens is 3. The molecule has 1 fully saturated rings. The summed E-state index contributed by atoms with van der Waals surface area (Å²) in [5.41, 5.74) is -1.66. The van der Waals surface area contributed by atoms with Gasteiger partial charge in [0.05, 0.1) is 24.0 Å². The lowest BCUT2D eigenvalue weighted by Gasteiger charge is -2.44. The standard InChI is InChI=1S/C21H23ClF2N6O2/c1-14(29-6-4-17(5-7-29)32-20-26-9-15(22)10-27-20)21(31,11-30-13-25-12-28-30)18-3-2-16(23)8-19(18)24/h2-3,8-10,12-14,17,31H,4-7,11H2,1H3/t14-,21-/m1/s1. The molecule has 2 aromatic heterocycles. The van der Waals surface area contributed by atoms with Gasteiger partial charge in [-0.3, -0.25) is 4.90 Å². The molecule has 8 nitrogen and oxygen atoms in total. The highest BCUT2D eigenvalue weighted by atomic mass is 35.5. The van der Waals surface area contributed by atoms with Crippen LogP contribution in [0.5, 0.6) is 6.01 Å². The van der Waals surface area contributed by atoms with Crippen LogP contribution in [0.15, 0.2) is 43.2 Å². The van der Waals surface area contributed by atoms with Gasteiger partial charge < -0.3 is 9.84 Å². The van der Waals surface area contributed by atoms with Crippen molar-refractivity contribution in [2.75, 3.05) is 13.1 Å². The van der Waals surface area contributed by atoms with Crippen LogP contribution < -0.4 is 4.74 Å². The number of hydrogen-bond acceptors (Lipinski definition) is 7. The maximum absolute atomic E-state index is 14.7. The van der Waals surface area contributed by atoms with Crippen molar-refractivity contribution >= 4 is 11.6 Å². The van der Waals surface area contributed by atoms with Crippen molar-refractivity contribution in [2.45, 2.75) is 44.1 Å². The second-order valence-corrected chi connectivity index (χ2v) is 8.29. The number of aromatic nitrogens is 5. The first-order chi connectivity index (χ1) is 15.3. The Morgan fingerprint density at radius 3 is 2.59 bits per heavy atom. The molecule has 0 bridgehead atoms. The molecule has 0 amide bonds. The van der Waals surface area contributed by atoms with E-state index in [1.54, 1.807) is 0 Å². The van der Waals surface area contributed by atoms with Gasteiger partial charge in [0.15, 0.2) is 0 Å². The lowest BCUT2D eigenvalue weighted by Crippen LogP contribution is -2.54. The summed E-state index contributed by atoms with van der Waals surface area (Å²) in [5, 5.41) is 16.2. The van der Waals surface area contributed by atoms with Crippen LogP contribution >= 0.6 is 11.6 Å². The summed E-state index contributed by atoms with van der Waals surface area (Å²) >= 11 is 5.80. The van der Waals surface area contributed by atoms with Crippen LogP contribution in [-0.4, -0.2) is 60.0 Å². The Morgan fingerprint density at radius 2 is 1.97 bits per heavy atom. The first-order valence-electron chi connectivity index (χ1n) is 10.2. The van der Waals surface area contributed by atoms with E-state index in [0.29, 0.717) is 31.0 Å². The van der Waals surface area contributed by atoms with Gasteiger partial charge in [-0.15, -0.1) is 0 Å². The maximum atomic E-state index is 14.7. The molecule has 2 atom stereocenters. The molecule has 32 heavy (non-hydrogen) atoms. The van der Waals surface area contributed by atoms with Crippen LogP contribution in [0.3, 0.4) is 0 Å². The van der Waals surface area contributed by atoms with Crippen LogP contribution in [0.2, 0.25) is 5.02 Å². The molecule has 3 heterocycles. The number of rotatable bonds is 7. The summed E-state index contributed by atoms with van der Waals surface area (Å²) < 4.78 is 35.5. The molecule has 4 rings (SSSR count). The van der Waals surface area contributed by atoms with E-state index in [1.165, 1.54) is 35.8 Å². The van der Waals surface area contributed by atoms with Crippen LogP contribution in [0, 0.1) is 11.6 Å². The number of likely N-dealkylation sites (tertiary alicyclic amines) is 1. The number of ether oxygens (including phenoxy) is 1. The Labute approximate surface area is 188 Å². The Hall–Kier alpha value is -2.69. The van der Waals surface area contributed by atoms with Crippen molar-refractivity contribution in [2.24, 2.45) is 0 Å². The minimum atomic E-state index is -1.67. The van der Waals surface area contributed by atoms with Gasteiger partial charge in [0.2, 0.25) is 0 Å². The van der Waals surface area contributed by atoms with E-state index >= 15 is 0 Å². The number of nitrogens with zero attached hydrogens (tertiary/aromatic N) is 6. The number of aliphatic hydroxyl groups is 1. The van der Waals surface area contributed by atoms with Gasteiger partial charge in [-0.25, -0.2) is 28.4 Å². The van der Waals surface area contributed by atoms with Crippen molar-refractivity contribution in [1.82, 2.24) is 29.6 Å². The molecular weight excluding hydrogens is 442 g/mol. The maximum Gasteiger partial charge on any atom is 0.316 e. The van der Waals surface area contributed by atoms with Crippen LogP contribution in [0.1, 0.15) is 25.3 Å². The molecule has 170 valence electrons. The van der Waals surface area contributed by atoms with Gasteiger partial charge in [0, 0.05) is 30.8 Å². The van der Waals surface area contributed by atoms with Crippen LogP contribution in [0.25, 0.3) is 0 Å². The van der Waals surface area contributed by atoms with E-state index in [4.69, 9.17) is 16.3 Å². The smallest absolute Gasteiger partial charge is 0.316 e. The van der Waals surface area contributed by atoms with Crippen LogP contribution in [0.4, 0.5) is 8.78 Å². The predicted octanol–water partition coefficient (Wildman–Crippen LogP) is 2.82. The van der Waals surface area contributed by atoms with Gasteiger partial charge in [0.25, 0.3) is 0 Å². The summed E-state index contributed by atoms with van der Waals surface area (Å²) in [5.74, 6) is -1.51. The fraction of sp³-hybridized carbons (Fsp3) is 0.429. The molecule has 0 saturated carbocycles. The zero-order chi connectivity index (χ0) is 22.7. The third kappa shape index (κ3) is 4.87. The molecule has 0 radical (unpaired) electrons. The molecule has 1 saturated heterocycles. The Bertz CT molecular complexity index is 1030. The molecule has 1 aliphatic heterocycles. The average Bonchev–Trinajstić information content (AvgIpc) is 3.28. The molecule has 0 spiro atoms. The molecule has 11 heteroatoms. The largest absolute Gasteiger partial charge is 0.460 e. The summed E-state index contributed by atoms with van der Waals surface area (Å²) in [6, 6.07) is 2.96. The molecule has 1 aromatic carbocycles. The SMILES string of the molecule is C[C@@H](N1CCC(Oc2ncc(Cl)cn2)CC1)[C@](O)(Cn1cncn1)c1ccc(F)cc1F. The van der Waals surface area contributed by atoms with Gasteiger partial charge in [-0.2, -0.15) is 5.10 Å². The second kappa shape index (κ2) is 9.43. The van der Waals surface area contributed by atoms with Crippen molar-refractivity contribution in [1.29, 1.82) is 0 Å². The molecule has 3 aromatic rings. The van der Waals surface area contributed by atoms with Crippen molar-refractivity contribution < 1.29 is 18.6 Å². The zero-order valence-electron chi connectivity index (χ0n) is 17.4. The van der Waals surface area contributed by atoms with E-state index < -0.39 is 23.3 Å². The van der Waals surface area contributed by atoms with Crippen molar-refractivity contribution in [3.63, 3.8) is 0 Å². The Kier molecular flexibility index (Phi) is 6.63. The first-order valence-corrected chi connectivity index (χ1v) is 10.6. The Balaban J connectivity index is 1.50. The quantitative estimate of drug-likeness (QED) is 0.575. The molecule has 1 aliphatic rings. The average molecular weight is 465 g/mol. The lowest BCUT2D eigenvalue weighted by molar-refractivity contribution is -0.0750. The van der Waals surface area contributed by atoms with Gasteiger partial charge in [0.1, 0.15) is 36.0 Å². The van der Waals surface area contributed by atoms with Gasteiger partial charge in [-0.1, -0.05) is 17.7 Å². The minimum absolute atomic E-state index is 0.00911. The van der Waals surface area contributed by atoms with E-state index in [2.05, 4.69) is 25.0 Å². The highest BCUT2D eigenvalue weighted by molar-refractivity contribution is 6.30. The van der Waals surface area contributed by atoms with Crippen LogP contribution in [-0.2, 0) is 12.1 Å². The van der Waals surface area contributed by atoms with Gasteiger partial charge in [-0.05, 0) is 25.8 Å².